The lowest BCUT2D eigenvalue weighted by atomic mass is 10.1. The van der Waals surface area contributed by atoms with Crippen LogP contribution in [0.3, 0.4) is 0 Å². The molecule has 1 saturated carbocycles. The fourth-order valence-electron chi connectivity index (χ4n) is 2.81. The molecule has 1 aliphatic carbocycles. The van der Waals surface area contributed by atoms with Crippen LogP contribution >= 0.6 is 0 Å². The highest BCUT2D eigenvalue weighted by atomic mass is 16.5. The van der Waals surface area contributed by atoms with Crippen LogP contribution in [0.4, 0.5) is 5.95 Å². The first kappa shape index (κ1) is 16.0. The van der Waals surface area contributed by atoms with E-state index in [0.717, 1.165) is 17.1 Å². The summed E-state index contributed by atoms with van der Waals surface area (Å²) >= 11 is 0. The summed E-state index contributed by atoms with van der Waals surface area (Å²) in [6.07, 6.45) is 0.714. The molecule has 0 spiro atoms. The van der Waals surface area contributed by atoms with Crippen LogP contribution in [-0.2, 0) is 4.79 Å². The van der Waals surface area contributed by atoms with Gasteiger partial charge in [0.2, 0.25) is 11.9 Å². The highest BCUT2D eigenvalue weighted by Gasteiger charge is 2.45. The molecule has 0 aliphatic heterocycles. The SMILES string of the molecule is COc1ccc(OC)c(C2CC2C(=O)Nc2nc(C)cc(=O)[nH]2)c1. The number of anilines is 1. The van der Waals surface area contributed by atoms with Crippen LogP contribution < -0.4 is 20.3 Å². The number of nitrogens with one attached hydrogen (secondary N) is 2. The van der Waals surface area contributed by atoms with E-state index in [1.807, 2.05) is 18.2 Å². The van der Waals surface area contributed by atoms with E-state index in [4.69, 9.17) is 9.47 Å². The van der Waals surface area contributed by atoms with E-state index in [-0.39, 0.29) is 29.3 Å². The Labute approximate surface area is 139 Å². The molecule has 1 aromatic carbocycles. The maximum absolute atomic E-state index is 12.4. The number of methoxy groups -OCH3 is 2. The van der Waals surface area contributed by atoms with Gasteiger partial charge in [-0.3, -0.25) is 19.9 Å². The van der Waals surface area contributed by atoms with Crippen LogP contribution in [0.1, 0.15) is 23.6 Å². The van der Waals surface area contributed by atoms with Crippen molar-refractivity contribution in [3.63, 3.8) is 0 Å². The van der Waals surface area contributed by atoms with E-state index in [0.29, 0.717) is 12.1 Å². The number of aromatic amines is 1. The lowest BCUT2D eigenvalue weighted by Crippen LogP contribution is -2.20. The molecule has 2 atom stereocenters. The normalized spacial score (nSPS) is 18.8. The van der Waals surface area contributed by atoms with E-state index in [1.165, 1.54) is 6.07 Å². The predicted octanol–water partition coefficient (Wildman–Crippen LogP) is 1.84. The fraction of sp³-hybridized carbons (Fsp3) is 0.353. The van der Waals surface area contributed by atoms with E-state index < -0.39 is 0 Å². The molecule has 1 heterocycles. The molecule has 7 nitrogen and oxygen atoms in total. The maximum Gasteiger partial charge on any atom is 0.252 e. The zero-order valence-corrected chi connectivity index (χ0v) is 13.8. The Kier molecular flexibility index (Phi) is 4.24. The second-order valence-electron chi connectivity index (χ2n) is 5.78. The van der Waals surface area contributed by atoms with Crippen molar-refractivity contribution in [2.75, 3.05) is 19.5 Å². The molecule has 1 aromatic heterocycles. The van der Waals surface area contributed by atoms with Crippen LogP contribution in [0.25, 0.3) is 0 Å². The second kappa shape index (κ2) is 6.35. The van der Waals surface area contributed by atoms with Gasteiger partial charge in [0, 0.05) is 29.2 Å². The van der Waals surface area contributed by atoms with Crippen LogP contribution in [0.2, 0.25) is 0 Å². The summed E-state index contributed by atoms with van der Waals surface area (Å²) < 4.78 is 10.6. The van der Waals surface area contributed by atoms with Gasteiger partial charge in [0.1, 0.15) is 11.5 Å². The first-order chi connectivity index (χ1) is 11.5. The topological polar surface area (TPSA) is 93.3 Å². The van der Waals surface area contributed by atoms with Gasteiger partial charge in [0.15, 0.2) is 0 Å². The first-order valence-corrected chi connectivity index (χ1v) is 7.62. The monoisotopic (exact) mass is 329 g/mol. The lowest BCUT2D eigenvalue weighted by Gasteiger charge is -2.10. The molecule has 0 bridgehead atoms. The minimum atomic E-state index is -0.292. The summed E-state index contributed by atoms with van der Waals surface area (Å²) in [5.41, 5.74) is 1.21. The number of hydrogen-bond acceptors (Lipinski definition) is 5. The third-order valence-corrected chi connectivity index (χ3v) is 4.07. The van der Waals surface area contributed by atoms with Gasteiger partial charge in [0.25, 0.3) is 5.56 Å². The largest absolute Gasteiger partial charge is 0.497 e. The Hall–Kier alpha value is -2.83. The summed E-state index contributed by atoms with van der Waals surface area (Å²) in [6.45, 7) is 1.70. The van der Waals surface area contributed by atoms with Gasteiger partial charge >= 0.3 is 0 Å². The van der Waals surface area contributed by atoms with Crippen molar-refractivity contribution in [2.45, 2.75) is 19.3 Å². The van der Waals surface area contributed by atoms with E-state index in [1.54, 1.807) is 21.1 Å². The number of carbonyl (C=O) groups is 1. The Morgan fingerprint density at radius 1 is 1.29 bits per heavy atom. The fourth-order valence-corrected chi connectivity index (χ4v) is 2.81. The number of aryl methyl sites for hydroxylation is 1. The van der Waals surface area contributed by atoms with Crippen LogP contribution in [0.5, 0.6) is 11.5 Å². The average molecular weight is 329 g/mol. The molecular weight excluding hydrogens is 310 g/mol. The van der Waals surface area contributed by atoms with Gasteiger partial charge in [0.05, 0.1) is 14.2 Å². The number of hydrogen-bond donors (Lipinski definition) is 2. The summed E-state index contributed by atoms with van der Waals surface area (Å²) in [5.74, 6) is 1.34. The van der Waals surface area contributed by atoms with Gasteiger partial charge in [-0.25, -0.2) is 4.98 Å². The zero-order valence-electron chi connectivity index (χ0n) is 13.8. The number of aromatic nitrogens is 2. The molecule has 7 heteroatoms. The summed E-state index contributed by atoms with van der Waals surface area (Å²) in [5, 5.41) is 2.67. The molecule has 2 unspecified atom stereocenters. The van der Waals surface area contributed by atoms with Crippen molar-refractivity contribution < 1.29 is 14.3 Å². The van der Waals surface area contributed by atoms with E-state index in [2.05, 4.69) is 15.3 Å². The van der Waals surface area contributed by atoms with Gasteiger partial charge in [-0.05, 0) is 31.5 Å². The third kappa shape index (κ3) is 3.24. The number of rotatable bonds is 5. The zero-order chi connectivity index (χ0) is 17.3. The highest BCUT2D eigenvalue weighted by molar-refractivity contribution is 5.94. The van der Waals surface area contributed by atoms with E-state index in [9.17, 15) is 9.59 Å². The van der Waals surface area contributed by atoms with Crippen LogP contribution in [0.15, 0.2) is 29.1 Å². The van der Waals surface area contributed by atoms with Crippen LogP contribution in [0, 0.1) is 12.8 Å². The van der Waals surface area contributed by atoms with E-state index >= 15 is 0 Å². The minimum absolute atomic E-state index is 0.0616. The molecule has 0 saturated heterocycles. The molecule has 126 valence electrons. The lowest BCUT2D eigenvalue weighted by molar-refractivity contribution is -0.117. The summed E-state index contributed by atoms with van der Waals surface area (Å²) in [4.78, 5) is 30.5. The van der Waals surface area contributed by atoms with Crippen molar-refractivity contribution >= 4 is 11.9 Å². The third-order valence-electron chi connectivity index (χ3n) is 4.07. The molecular formula is C17H19N3O4. The molecule has 1 fully saturated rings. The number of carbonyl (C=O) groups excluding carboxylic acids is 1. The first-order valence-electron chi connectivity index (χ1n) is 7.62. The van der Waals surface area contributed by atoms with Crippen molar-refractivity contribution in [1.29, 1.82) is 0 Å². The van der Waals surface area contributed by atoms with Crippen molar-refractivity contribution in [1.82, 2.24) is 9.97 Å². The Balaban J connectivity index is 1.75. The molecule has 0 radical (unpaired) electrons. The average Bonchev–Trinajstić information content (AvgIpc) is 3.33. The molecule has 2 aromatic rings. The van der Waals surface area contributed by atoms with Crippen molar-refractivity contribution in [2.24, 2.45) is 5.92 Å². The number of ether oxygens (including phenoxy) is 2. The minimum Gasteiger partial charge on any atom is -0.497 e. The quantitative estimate of drug-likeness (QED) is 0.873. The molecule has 3 rings (SSSR count). The Morgan fingerprint density at radius 2 is 2.08 bits per heavy atom. The van der Waals surface area contributed by atoms with Crippen LogP contribution in [-0.4, -0.2) is 30.1 Å². The summed E-state index contributed by atoms with van der Waals surface area (Å²) in [6, 6.07) is 6.92. The maximum atomic E-state index is 12.4. The standard InChI is InChI=1S/C17H19N3O4/c1-9-6-15(21)19-17(18-9)20-16(22)13-8-11(13)12-7-10(23-2)4-5-14(12)24-3/h4-7,11,13H,8H2,1-3H3,(H2,18,19,20,21,22). The summed E-state index contributed by atoms with van der Waals surface area (Å²) in [7, 11) is 3.20. The smallest absolute Gasteiger partial charge is 0.252 e. The Morgan fingerprint density at radius 3 is 2.75 bits per heavy atom. The van der Waals surface area contributed by atoms with Crippen molar-refractivity contribution in [3.05, 3.63) is 45.9 Å². The van der Waals surface area contributed by atoms with Gasteiger partial charge in [-0.2, -0.15) is 0 Å². The number of benzene rings is 1. The molecule has 1 amide bonds. The highest BCUT2D eigenvalue weighted by Crippen LogP contribution is 2.51. The number of nitrogens with zero attached hydrogens (tertiary/aromatic N) is 1. The molecule has 24 heavy (non-hydrogen) atoms. The number of amides is 1. The van der Waals surface area contributed by atoms with Gasteiger partial charge < -0.3 is 9.47 Å². The predicted molar refractivity (Wildman–Crippen MR) is 88.6 cm³/mol. The molecule has 2 N–H and O–H groups in total. The number of H-pyrrole nitrogens is 1. The second-order valence-corrected chi connectivity index (χ2v) is 5.78. The van der Waals surface area contributed by atoms with Crippen molar-refractivity contribution in [3.8, 4) is 11.5 Å². The van der Waals surface area contributed by atoms with Gasteiger partial charge in [-0.1, -0.05) is 0 Å². The van der Waals surface area contributed by atoms with Gasteiger partial charge in [-0.15, -0.1) is 0 Å². The Bertz CT molecular complexity index is 831. The molecule has 1 aliphatic rings.